The van der Waals surface area contributed by atoms with Crippen LogP contribution in [-0.2, 0) is 16.2 Å². The van der Waals surface area contributed by atoms with Gasteiger partial charge in [-0.25, -0.2) is 5.43 Å². The van der Waals surface area contributed by atoms with Crippen molar-refractivity contribution in [1.82, 2.24) is 5.43 Å². The highest BCUT2D eigenvalue weighted by Crippen LogP contribution is 2.26. The van der Waals surface area contributed by atoms with Gasteiger partial charge >= 0.3 is 0 Å². The average molecular weight is 563 g/mol. The molecule has 0 bridgehead atoms. The van der Waals surface area contributed by atoms with Crippen molar-refractivity contribution in [3.63, 3.8) is 0 Å². The molecule has 0 aliphatic rings. The van der Waals surface area contributed by atoms with Crippen LogP contribution in [0.5, 0.6) is 5.75 Å². The molecule has 0 spiro atoms. The fourth-order valence-electron chi connectivity index (χ4n) is 2.94. The molecule has 3 rings (SSSR count). The second kappa shape index (κ2) is 13.1. The van der Waals surface area contributed by atoms with E-state index in [0.29, 0.717) is 33.5 Å². The first-order valence-electron chi connectivity index (χ1n) is 10.4. The highest BCUT2D eigenvalue weighted by Gasteiger charge is 2.07. The molecule has 9 heteroatoms. The second-order valence-electron chi connectivity index (χ2n) is 7.27. The predicted octanol–water partition coefficient (Wildman–Crippen LogP) is 6.59. The Morgan fingerprint density at radius 2 is 1.65 bits per heavy atom. The molecule has 0 saturated carbocycles. The van der Waals surface area contributed by atoms with E-state index in [2.05, 4.69) is 31.8 Å². The standard InChI is InChI=1S/C25H22BrCl2N3O3/c26-18-6-2-7-19(14-18)30-24(32)11-4-12-25(33)31-29-15-17-5-1-8-20(13-17)34-16-21-22(27)9-3-10-23(21)28/h1-3,5-10,13-15H,4,11-12,16H2,(H,30,32)(H,31,33)/b29-15-. The summed E-state index contributed by atoms with van der Waals surface area (Å²) in [7, 11) is 0. The maximum absolute atomic E-state index is 12.0. The van der Waals surface area contributed by atoms with E-state index in [1.807, 2.05) is 30.3 Å². The summed E-state index contributed by atoms with van der Waals surface area (Å²) >= 11 is 15.7. The lowest BCUT2D eigenvalue weighted by Gasteiger charge is -2.09. The first-order chi connectivity index (χ1) is 16.4. The number of halogens is 3. The Morgan fingerprint density at radius 3 is 2.41 bits per heavy atom. The van der Waals surface area contributed by atoms with Crippen molar-refractivity contribution >= 4 is 62.8 Å². The lowest BCUT2D eigenvalue weighted by molar-refractivity contribution is -0.121. The maximum Gasteiger partial charge on any atom is 0.240 e. The van der Waals surface area contributed by atoms with Crippen molar-refractivity contribution in [2.75, 3.05) is 5.32 Å². The summed E-state index contributed by atoms with van der Waals surface area (Å²) in [5, 5.41) is 7.85. The van der Waals surface area contributed by atoms with Crippen molar-refractivity contribution < 1.29 is 14.3 Å². The Labute approximate surface area is 216 Å². The van der Waals surface area contributed by atoms with Crippen molar-refractivity contribution in [3.8, 4) is 5.75 Å². The lowest BCUT2D eigenvalue weighted by Crippen LogP contribution is -2.18. The molecule has 0 unspecified atom stereocenters. The topological polar surface area (TPSA) is 79.8 Å². The number of rotatable bonds is 10. The number of amides is 2. The van der Waals surface area contributed by atoms with Gasteiger partial charge in [0.25, 0.3) is 0 Å². The quantitative estimate of drug-likeness (QED) is 0.216. The minimum atomic E-state index is -0.271. The van der Waals surface area contributed by atoms with E-state index in [9.17, 15) is 9.59 Å². The molecule has 2 amide bonds. The molecule has 0 saturated heterocycles. The van der Waals surface area contributed by atoms with Gasteiger partial charge in [-0.3, -0.25) is 9.59 Å². The number of ether oxygens (including phenoxy) is 1. The normalized spacial score (nSPS) is 10.8. The van der Waals surface area contributed by atoms with Crippen LogP contribution in [0.4, 0.5) is 5.69 Å². The van der Waals surface area contributed by atoms with Crippen LogP contribution in [0.25, 0.3) is 0 Å². The Balaban J connectivity index is 1.40. The highest BCUT2D eigenvalue weighted by molar-refractivity contribution is 9.10. The van der Waals surface area contributed by atoms with Gasteiger partial charge in [0.2, 0.25) is 11.8 Å². The van der Waals surface area contributed by atoms with Gasteiger partial charge in [0.15, 0.2) is 0 Å². The predicted molar refractivity (Wildman–Crippen MR) is 140 cm³/mol. The van der Waals surface area contributed by atoms with Gasteiger partial charge in [-0.15, -0.1) is 0 Å². The summed E-state index contributed by atoms with van der Waals surface area (Å²) in [4.78, 5) is 24.0. The first-order valence-corrected chi connectivity index (χ1v) is 12.0. The summed E-state index contributed by atoms with van der Waals surface area (Å²) in [6.45, 7) is 0.227. The average Bonchev–Trinajstić information content (AvgIpc) is 2.79. The van der Waals surface area contributed by atoms with Gasteiger partial charge in [-0.1, -0.05) is 63.4 Å². The van der Waals surface area contributed by atoms with E-state index in [4.69, 9.17) is 27.9 Å². The first kappa shape index (κ1) is 25.7. The number of carbonyl (C=O) groups excluding carboxylic acids is 2. The molecular formula is C25H22BrCl2N3O3. The monoisotopic (exact) mass is 561 g/mol. The minimum Gasteiger partial charge on any atom is -0.489 e. The van der Waals surface area contributed by atoms with E-state index in [1.54, 1.807) is 36.4 Å². The van der Waals surface area contributed by atoms with Crippen molar-refractivity contribution in [2.24, 2.45) is 5.10 Å². The van der Waals surface area contributed by atoms with Crippen molar-refractivity contribution in [2.45, 2.75) is 25.9 Å². The van der Waals surface area contributed by atoms with Crippen LogP contribution < -0.4 is 15.5 Å². The van der Waals surface area contributed by atoms with E-state index < -0.39 is 0 Å². The maximum atomic E-state index is 12.0. The van der Waals surface area contributed by atoms with Crippen LogP contribution >= 0.6 is 39.1 Å². The molecule has 0 fully saturated rings. The number of hydrogen-bond acceptors (Lipinski definition) is 4. The Hall–Kier alpha value is -2.87. The number of carbonyl (C=O) groups is 2. The van der Waals surface area contributed by atoms with Crippen LogP contribution in [0, 0.1) is 0 Å². The van der Waals surface area contributed by atoms with Gasteiger partial charge in [-0.2, -0.15) is 5.10 Å². The number of anilines is 1. The number of benzene rings is 3. The molecule has 0 atom stereocenters. The van der Waals surface area contributed by atoms with Crippen LogP contribution in [0.3, 0.4) is 0 Å². The van der Waals surface area contributed by atoms with E-state index in [-0.39, 0.29) is 31.3 Å². The molecule has 0 aromatic heterocycles. The fraction of sp³-hybridized carbons (Fsp3) is 0.160. The molecule has 2 N–H and O–H groups in total. The summed E-state index contributed by atoms with van der Waals surface area (Å²) in [5.74, 6) is 0.194. The lowest BCUT2D eigenvalue weighted by atomic mass is 10.2. The second-order valence-corrected chi connectivity index (χ2v) is 9.00. The zero-order chi connectivity index (χ0) is 24.3. The van der Waals surface area contributed by atoms with Crippen LogP contribution in [0.1, 0.15) is 30.4 Å². The molecule has 0 aliphatic carbocycles. The Morgan fingerprint density at radius 1 is 0.941 bits per heavy atom. The Bertz CT molecular complexity index is 1170. The summed E-state index contributed by atoms with van der Waals surface area (Å²) in [6, 6.07) is 19.8. The number of nitrogens with one attached hydrogen (secondary N) is 2. The van der Waals surface area contributed by atoms with E-state index >= 15 is 0 Å². The zero-order valence-corrected chi connectivity index (χ0v) is 21.2. The number of hydrazone groups is 1. The number of hydrogen-bond donors (Lipinski definition) is 2. The summed E-state index contributed by atoms with van der Waals surface area (Å²) in [6.07, 6.45) is 2.35. The van der Waals surface area contributed by atoms with Crippen LogP contribution in [0.2, 0.25) is 10.0 Å². The zero-order valence-electron chi connectivity index (χ0n) is 18.1. The summed E-state index contributed by atoms with van der Waals surface area (Å²) in [5.41, 5.74) is 4.63. The minimum absolute atomic E-state index is 0.149. The molecule has 3 aromatic carbocycles. The molecular weight excluding hydrogens is 541 g/mol. The molecule has 6 nitrogen and oxygen atoms in total. The molecule has 34 heavy (non-hydrogen) atoms. The SMILES string of the molecule is O=C(CCCC(=O)Nc1cccc(Br)c1)N/N=C\c1cccc(OCc2c(Cl)cccc2Cl)c1. The molecule has 3 aromatic rings. The Kier molecular flexibility index (Phi) is 9.94. The molecule has 0 heterocycles. The van der Waals surface area contributed by atoms with Gasteiger partial charge in [0.05, 0.1) is 6.21 Å². The summed E-state index contributed by atoms with van der Waals surface area (Å²) < 4.78 is 6.67. The van der Waals surface area contributed by atoms with Gasteiger partial charge < -0.3 is 10.1 Å². The molecule has 176 valence electrons. The van der Waals surface area contributed by atoms with Crippen LogP contribution in [0.15, 0.2) is 76.3 Å². The van der Waals surface area contributed by atoms with Gasteiger partial charge in [0, 0.05) is 38.6 Å². The van der Waals surface area contributed by atoms with E-state index in [1.165, 1.54) is 6.21 Å². The fourth-order valence-corrected chi connectivity index (χ4v) is 3.85. The van der Waals surface area contributed by atoms with Crippen molar-refractivity contribution in [1.29, 1.82) is 0 Å². The van der Waals surface area contributed by atoms with Crippen LogP contribution in [-0.4, -0.2) is 18.0 Å². The third-order valence-electron chi connectivity index (χ3n) is 4.62. The molecule has 0 radical (unpaired) electrons. The highest BCUT2D eigenvalue weighted by atomic mass is 79.9. The largest absolute Gasteiger partial charge is 0.489 e. The van der Waals surface area contributed by atoms with E-state index in [0.717, 1.165) is 10.0 Å². The number of nitrogens with zero attached hydrogens (tertiary/aromatic N) is 1. The van der Waals surface area contributed by atoms with Gasteiger partial charge in [0.1, 0.15) is 12.4 Å². The molecule has 0 aliphatic heterocycles. The van der Waals surface area contributed by atoms with Gasteiger partial charge in [-0.05, 0) is 54.4 Å². The smallest absolute Gasteiger partial charge is 0.240 e. The van der Waals surface area contributed by atoms with Crippen molar-refractivity contribution in [3.05, 3.63) is 92.4 Å². The third-order valence-corrected chi connectivity index (χ3v) is 5.82. The third kappa shape index (κ3) is 8.48.